The van der Waals surface area contributed by atoms with Gasteiger partial charge in [0, 0.05) is 12.6 Å². The highest BCUT2D eigenvalue weighted by atomic mass is 35.5. The van der Waals surface area contributed by atoms with Gasteiger partial charge in [-0.25, -0.2) is 4.79 Å². The van der Waals surface area contributed by atoms with E-state index in [0.29, 0.717) is 10.7 Å². The Morgan fingerprint density at radius 2 is 1.90 bits per heavy atom. The maximum absolute atomic E-state index is 12.6. The SMILES string of the molecule is Cc1cccc(Cl)c1N(C)C(=O)N(C(=N)N)C(C)(C)C. The normalized spacial score (nSPS) is 11.1. The van der Waals surface area contributed by atoms with Crippen LogP contribution in [0, 0.1) is 12.3 Å². The molecule has 0 aromatic heterocycles. The topological polar surface area (TPSA) is 73.4 Å². The summed E-state index contributed by atoms with van der Waals surface area (Å²) in [4.78, 5) is 15.3. The van der Waals surface area contributed by atoms with Crippen molar-refractivity contribution in [2.45, 2.75) is 33.2 Å². The molecule has 0 heterocycles. The van der Waals surface area contributed by atoms with Gasteiger partial charge in [-0.05, 0) is 39.3 Å². The molecule has 0 unspecified atom stereocenters. The van der Waals surface area contributed by atoms with Crippen molar-refractivity contribution in [1.29, 1.82) is 5.41 Å². The number of halogens is 1. The highest BCUT2D eigenvalue weighted by Gasteiger charge is 2.32. The summed E-state index contributed by atoms with van der Waals surface area (Å²) in [5, 5.41) is 8.11. The molecule has 0 bridgehead atoms. The summed E-state index contributed by atoms with van der Waals surface area (Å²) in [5.74, 6) is -0.293. The summed E-state index contributed by atoms with van der Waals surface area (Å²) in [6.07, 6.45) is 0. The molecule has 0 spiro atoms. The van der Waals surface area contributed by atoms with Gasteiger partial charge in [-0.3, -0.25) is 15.2 Å². The van der Waals surface area contributed by atoms with Crippen LogP contribution in [-0.4, -0.2) is 29.5 Å². The predicted octanol–water partition coefficient (Wildman–Crippen LogP) is 3.20. The molecule has 0 aliphatic rings. The molecule has 1 aromatic rings. The fraction of sp³-hybridized carbons (Fsp3) is 0.429. The third-order valence-electron chi connectivity index (χ3n) is 2.91. The van der Waals surface area contributed by atoms with Gasteiger partial charge in [-0.15, -0.1) is 0 Å². The van der Waals surface area contributed by atoms with Gasteiger partial charge in [-0.2, -0.15) is 0 Å². The quantitative estimate of drug-likeness (QED) is 0.617. The Labute approximate surface area is 124 Å². The Bertz CT molecular complexity index is 516. The van der Waals surface area contributed by atoms with E-state index in [9.17, 15) is 4.79 Å². The lowest BCUT2D eigenvalue weighted by atomic mass is 10.1. The molecule has 1 rings (SSSR count). The van der Waals surface area contributed by atoms with Gasteiger partial charge in [0.2, 0.25) is 0 Å². The van der Waals surface area contributed by atoms with Crippen LogP contribution in [0.15, 0.2) is 18.2 Å². The van der Waals surface area contributed by atoms with E-state index in [0.717, 1.165) is 5.56 Å². The highest BCUT2D eigenvalue weighted by Crippen LogP contribution is 2.30. The summed E-state index contributed by atoms with van der Waals surface area (Å²) in [6, 6.07) is 5.04. The van der Waals surface area contributed by atoms with E-state index in [1.54, 1.807) is 13.1 Å². The molecule has 0 saturated carbocycles. The number of aryl methyl sites for hydroxylation is 1. The van der Waals surface area contributed by atoms with Crippen molar-refractivity contribution in [2.24, 2.45) is 5.73 Å². The number of carbonyl (C=O) groups excluding carboxylic acids is 1. The number of carbonyl (C=O) groups is 1. The van der Waals surface area contributed by atoms with Crippen LogP contribution in [0.4, 0.5) is 10.5 Å². The lowest BCUT2D eigenvalue weighted by Gasteiger charge is -2.37. The number of nitrogens with two attached hydrogens (primary N) is 1. The fourth-order valence-corrected chi connectivity index (χ4v) is 2.39. The second-order valence-electron chi connectivity index (χ2n) is 5.64. The van der Waals surface area contributed by atoms with E-state index in [1.165, 1.54) is 9.80 Å². The summed E-state index contributed by atoms with van der Waals surface area (Å²) in [7, 11) is 1.62. The van der Waals surface area contributed by atoms with E-state index in [2.05, 4.69) is 0 Å². The monoisotopic (exact) mass is 296 g/mol. The average Bonchev–Trinajstić information content (AvgIpc) is 2.25. The van der Waals surface area contributed by atoms with Gasteiger partial charge in [-0.1, -0.05) is 23.7 Å². The lowest BCUT2D eigenvalue weighted by molar-refractivity contribution is 0.197. The average molecular weight is 297 g/mol. The highest BCUT2D eigenvalue weighted by molar-refractivity contribution is 6.34. The second kappa shape index (κ2) is 5.71. The van der Waals surface area contributed by atoms with Crippen LogP contribution in [0.25, 0.3) is 0 Å². The number of guanidine groups is 1. The molecule has 0 saturated heterocycles. The zero-order valence-corrected chi connectivity index (χ0v) is 13.2. The molecule has 5 nitrogen and oxygen atoms in total. The maximum Gasteiger partial charge on any atom is 0.331 e. The molecule has 20 heavy (non-hydrogen) atoms. The van der Waals surface area contributed by atoms with Crippen molar-refractivity contribution >= 4 is 29.3 Å². The molecule has 0 aliphatic carbocycles. The van der Waals surface area contributed by atoms with Crippen molar-refractivity contribution in [3.8, 4) is 0 Å². The van der Waals surface area contributed by atoms with Crippen LogP contribution in [-0.2, 0) is 0 Å². The molecule has 0 atom stereocenters. The number of para-hydroxylation sites is 1. The van der Waals surface area contributed by atoms with E-state index in [4.69, 9.17) is 22.7 Å². The summed E-state index contributed by atoms with van der Waals surface area (Å²) in [5.41, 5.74) is 6.45. The van der Waals surface area contributed by atoms with Gasteiger partial charge in [0.15, 0.2) is 5.96 Å². The Morgan fingerprint density at radius 1 is 1.35 bits per heavy atom. The molecule has 0 fully saturated rings. The Morgan fingerprint density at radius 3 is 2.30 bits per heavy atom. The maximum atomic E-state index is 12.6. The van der Waals surface area contributed by atoms with E-state index < -0.39 is 5.54 Å². The molecule has 0 aliphatic heterocycles. The molecule has 0 radical (unpaired) electrons. The molecule has 110 valence electrons. The number of amides is 2. The molecular weight excluding hydrogens is 276 g/mol. The minimum absolute atomic E-state index is 0.293. The molecule has 3 N–H and O–H groups in total. The molecule has 6 heteroatoms. The second-order valence-corrected chi connectivity index (χ2v) is 6.05. The number of urea groups is 1. The lowest BCUT2D eigenvalue weighted by Crippen LogP contribution is -2.56. The third kappa shape index (κ3) is 3.22. The first kappa shape index (κ1) is 16.3. The van der Waals surface area contributed by atoms with Crippen molar-refractivity contribution in [1.82, 2.24) is 4.90 Å². The van der Waals surface area contributed by atoms with Gasteiger partial charge < -0.3 is 5.73 Å². The Kier molecular flexibility index (Phi) is 4.65. The van der Waals surface area contributed by atoms with Crippen molar-refractivity contribution in [2.75, 3.05) is 11.9 Å². The van der Waals surface area contributed by atoms with Crippen LogP contribution in [0.3, 0.4) is 0 Å². The number of hydrogen-bond donors (Lipinski definition) is 2. The Hall–Kier alpha value is -1.75. The van der Waals surface area contributed by atoms with Gasteiger partial charge in [0.1, 0.15) is 0 Å². The molecule has 1 aromatic carbocycles. The summed E-state index contributed by atoms with van der Waals surface area (Å²) >= 11 is 6.17. The standard InChI is InChI=1S/C14H21ClN4O/c1-9-7-6-8-10(15)11(9)18(5)13(20)19(12(16)17)14(2,3)4/h6-8H,1-5H3,(H3,16,17). The van der Waals surface area contributed by atoms with Crippen molar-refractivity contribution in [3.63, 3.8) is 0 Å². The number of anilines is 1. The predicted molar refractivity (Wildman–Crippen MR) is 83.5 cm³/mol. The van der Waals surface area contributed by atoms with Gasteiger partial charge in [0.25, 0.3) is 0 Å². The van der Waals surface area contributed by atoms with E-state index >= 15 is 0 Å². The summed E-state index contributed by atoms with van der Waals surface area (Å²) < 4.78 is 0. The van der Waals surface area contributed by atoms with Crippen LogP contribution in [0.5, 0.6) is 0 Å². The van der Waals surface area contributed by atoms with Crippen LogP contribution in [0.2, 0.25) is 5.02 Å². The first-order chi connectivity index (χ1) is 9.07. The van der Waals surface area contributed by atoms with Crippen molar-refractivity contribution in [3.05, 3.63) is 28.8 Å². The van der Waals surface area contributed by atoms with Crippen LogP contribution < -0.4 is 10.6 Å². The van der Waals surface area contributed by atoms with E-state index in [1.807, 2.05) is 39.8 Å². The third-order valence-corrected chi connectivity index (χ3v) is 3.22. The van der Waals surface area contributed by atoms with Gasteiger partial charge >= 0.3 is 6.03 Å². The zero-order valence-electron chi connectivity index (χ0n) is 12.5. The molecular formula is C14H21ClN4O. The zero-order chi connectivity index (χ0) is 15.7. The number of nitrogens with one attached hydrogen (secondary N) is 1. The van der Waals surface area contributed by atoms with E-state index in [-0.39, 0.29) is 12.0 Å². The minimum atomic E-state index is -0.591. The first-order valence-corrected chi connectivity index (χ1v) is 6.62. The number of nitrogens with zero attached hydrogens (tertiary/aromatic N) is 2. The van der Waals surface area contributed by atoms with Crippen molar-refractivity contribution < 1.29 is 4.79 Å². The number of benzene rings is 1. The molecule has 2 amide bonds. The first-order valence-electron chi connectivity index (χ1n) is 6.24. The summed E-state index contributed by atoms with van der Waals surface area (Å²) in [6.45, 7) is 7.33. The van der Waals surface area contributed by atoms with Crippen LogP contribution in [0.1, 0.15) is 26.3 Å². The Balaban J connectivity index is 3.23. The number of rotatable bonds is 1. The van der Waals surface area contributed by atoms with Crippen LogP contribution >= 0.6 is 11.6 Å². The number of hydrogen-bond acceptors (Lipinski definition) is 2. The largest absolute Gasteiger partial charge is 0.370 e. The smallest absolute Gasteiger partial charge is 0.331 e. The van der Waals surface area contributed by atoms with Gasteiger partial charge in [0.05, 0.1) is 10.7 Å². The fourth-order valence-electron chi connectivity index (χ4n) is 2.04. The minimum Gasteiger partial charge on any atom is -0.370 e.